The van der Waals surface area contributed by atoms with Gasteiger partial charge in [-0.3, -0.25) is 10.1 Å². The van der Waals surface area contributed by atoms with E-state index in [2.05, 4.69) is 0 Å². The molecule has 1 unspecified atom stereocenters. The molecule has 1 atom stereocenters. The van der Waals surface area contributed by atoms with Gasteiger partial charge in [0.15, 0.2) is 0 Å². The van der Waals surface area contributed by atoms with Crippen LogP contribution < -0.4 is 4.74 Å². The summed E-state index contributed by atoms with van der Waals surface area (Å²) in [4.78, 5) is 10.3. The molecular weight excluding hydrogens is 277 g/mol. The second-order valence-electron chi connectivity index (χ2n) is 4.53. The van der Waals surface area contributed by atoms with E-state index in [1.807, 2.05) is 0 Å². The zero-order valence-electron chi connectivity index (χ0n) is 11.3. The Bertz CT molecular complexity index is 658. The molecule has 21 heavy (non-hydrogen) atoms. The Morgan fingerprint density at radius 3 is 2.71 bits per heavy atom. The van der Waals surface area contributed by atoms with Gasteiger partial charge in [0, 0.05) is 11.6 Å². The summed E-state index contributed by atoms with van der Waals surface area (Å²) in [6.45, 7) is 1.44. The quantitative estimate of drug-likeness (QED) is 0.677. The maximum Gasteiger partial charge on any atom is 0.276 e. The van der Waals surface area contributed by atoms with E-state index in [0.29, 0.717) is 11.3 Å². The summed E-state index contributed by atoms with van der Waals surface area (Å²) in [6, 6.07) is 10.0. The molecule has 1 N–H and O–H groups in total. The number of para-hydroxylation sites is 1. The van der Waals surface area contributed by atoms with E-state index in [0.717, 1.165) is 18.2 Å². The molecule has 6 heteroatoms. The first-order chi connectivity index (χ1) is 9.99. The van der Waals surface area contributed by atoms with Gasteiger partial charge in [-0.05, 0) is 25.1 Å². The lowest BCUT2D eigenvalue weighted by Gasteiger charge is -2.13. The second-order valence-corrected chi connectivity index (χ2v) is 4.53. The normalized spacial score (nSPS) is 12.0. The van der Waals surface area contributed by atoms with Crippen LogP contribution in [0.5, 0.6) is 5.75 Å². The van der Waals surface area contributed by atoms with Crippen LogP contribution >= 0.6 is 0 Å². The van der Waals surface area contributed by atoms with Crippen molar-refractivity contribution in [1.29, 1.82) is 0 Å². The SMILES string of the molecule is CC(O)c1ccccc1OCc1cc(F)ccc1[N+](=O)[O-]. The van der Waals surface area contributed by atoms with E-state index in [1.165, 1.54) is 0 Å². The van der Waals surface area contributed by atoms with Crippen molar-refractivity contribution in [2.45, 2.75) is 19.6 Å². The van der Waals surface area contributed by atoms with Crippen LogP contribution in [0.4, 0.5) is 10.1 Å². The van der Waals surface area contributed by atoms with E-state index in [9.17, 15) is 19.6 Å². The molecule has 5 nitrogen and oxygen atoms in total. The molecule has 2 rings (SSSR count). The zero-order valence-corrected chi connectivity index (χ0v) is 11.3. The summed E-state index contributed by atoms with van der Waals surface area (Å²) < 4.78 is 18.7. The van der Waals surface area contributed by atoms with Gasteiger partial charge in [0.2, 0.25) is 0 Å². The van der Waals surface area contributed by atoms with Crippen LogP contribution in [0.2, 0.25) is 0 Å². The number of aliphatic hydroxyl groups excluding tert-OH is 1. The molecule has 0 aromatic heterocycles. The fourth-order valence-corrected chi connectivity index (χ4v) is 1.96. The fraction of sp³-hybridized carbons (Fsp3) is 0.200. The molecule has 0 aliphatic rings. The molecule has 0 radical (unpaired) electrons. The molecule has 0 saturated heterocycles. The summed E-state index contributed by atoms with van der Waals surface area (Å²) in [5.41, 5.74) is 0.503. The number of nitro benzene ring substituents is 1. The number of benzene rings is 2. The first kappa shape index (κ1) is 14.9. The third-order valence-corrected chi connectivity index (χ3v) is 2.99. The van der Waals surface area contributed by atoms with Gasteiger partial charge < -0.3 is 9.84 Å². The standard InChI is InChI=1S/C15H14FNO4/c1-10(18)13-4-2-3-5-15(13)21-9-11-8-12(16)6-7-14(11)17(19)20/h2-8,10,18H,9H2,1H3. The molecule has 0 bridgehead atoms. The van der Waals surface area contributed by atoms with Gasteiger partial charge in [-0.1, -0.05) is 18.2 Å². The molecular formula is C15H14FNO4. The third-order valence-electron chi connectivity index (χ3n) is 2.99. The van der Waals surface area contributed by atoms with Gasteiger partial charge in [0.05, 0.1) is 16.6 Å². The van der Waals surface area contributed by atoms with E-state index < -0.39 is 16.8 Å². The average molecular weight is 291 g/mol. The highest BCUT2D eigenvalue weighted by molar-refractivity contribution is 5.41. The summed E-state index contributed by atoms with van der Waals surface area (Å²) in [6.07, 6.45) is -0.733. The van der Waals surface area contributed by atoms with Gasteiger partial charge in [-0.2, -0.15) is 0 Å². The Kier molecular flexibility index (Phi) is 4.49. The molecule has 0 heterocycles. The van der Waals surface area contributed by atoms with E-state index in [4.69, 9.17) is 4.74 Å². The van der Waals surface area contributed by atoms with Crippen LogP contribution in [0.25, 0.3) is 0 Å². The lowest BCUT2D eigenvalue weighted by atomic mass is 10.1. The molecule has 0 aliphatic carbocycles. The smallest absolute Gasteiger partial charge is 0.276 e. The number of nitro groups is 1. The Hall–Kier alpha value is -2.47. The van der Waals surface area contributed by atoms with Crippen molar-refractivity contribution in [3.63, 3.8) is 0 Å². The first-order valence-corrected chi connectivity index (χ1v) is 6.31. The number of nitrogens with zero attached hydrogens (tertiary/aromatic N) is 1. The fourth-order valence-electron chi connectivity index (χ4n) is 1.96. The first-order valence-electron chi connectivity index (χ1n) is 6.31. The molecule has 110 valence electrons. The highest BCUT2D eigenvalue weighted by atomic mass is 19.1. The molecule has 0 spiro atoms. The van der Waals surface area contributed by atoms with Crippen molar-refractivity contribution in [2.75, 3.05) is 0 Å². The van der Waals surface area contributed by atoms with Crippen molar-refractivity contribution in [3.05, 3.63) is 69.5 Å². The van der Waals surface area contributed by atoms with Crippen LogP contribution in [0.1, 0.15) is 24.2 Å². The van der Waals surface area contributed by atoms with Crippen LogP contribution in [0.3, 0.4) is 0 Å². The lowest BCUT2D eigenvalue weighted by Crippen LogP contribution is -2.04. The lowest BCUT2D eigenvalue weighted by molar-refractivity contribution is -0.385. The van der Waals surface area contributed by atoms with Crippen LogP contribution in [-0.2, 0) is 6.61 Å². The average Bonchev–Trinajstić information content (AvgIpc) is 2.45. The highest BCUT2D eigenvalue weighted by Crippen LogP contribution is 2.27. The van der Waals surface area contributed by atoms with E-state index >= 15 is 0 Å². The number of aliphatic hydroxyl groups is 1. The number of hydrogen-bond acceptors (Lipinski definition) is 4. The second kappa shape index (κ2) is 6.32. The Morgan fingerprint density at radius 2 is 2.05 bits per heavy atom. The monoisotopic (exact) mass is 291 g/mol. The maximum absolute atomic E-state index is 13.2. The molecule has 0 fully saturated rings. The summed E-state index contributed by atoms with van der Waals surface area (Å²) in [5, 5.41) is 20.5. The van der Waals surface area contributed by atoms with Gasteiger partial charge in [-0.15, -0.1) is 0 Å². The number of hydrogen-bond donors (Lipinski definition) is 1. The van der Waals surface area contributed by atoms with Crippen LogP contribution in [-0.4, -0.2) is 10.0 Å². The van der Waals surface area contributed by atoms with Crippen LogP contribution in [0, 0.1) is 15.9 Å². The summed E-state index contributed by atoms with van der Waals surface area (Å²) in [7, 11) is 0. The Labute approximate surface area is 120 Å². The number of ether oxygens (including phenoxy) is 1. The van der Waals surface area contributed by atoms with Crippen molar-refractivity contribution < 1.29 is 19.2 Å². The molecule has 0 amide bonds. The van der Waals surface area contributed by atoms with Crippen molar-refractivity contribution in [1.82, 2.24) is 0 Å². The Morgan fingerprint density at radius 1 is 1.33 bits per heavy atom. The Balaban J connectivity index is 2.25. The highest BCUT2D eigenvalue weighted by Gasteiger charge is 2.16. The maximum atomic E-state index is 13.2. The van der Waals surface area contributed by atoms with Crippen molar-refractivity contribution in [3.8, 4) is 5.75 Å². The minimum Gasteiger partial charge on any atom is -0.488 e. The molecule has 0 aliphatic heterocycles. The van der Waals surface area contributed by atoms with Gasteiger partial charge >= 0.3 is 0 Å². The predicted molar refractivity (Wildman–Crippen MR) is 74.5 cm³/mol. The van der Waals surface area contributed by atoms with Crippen LogP contribution in [0.15, 0.2) is 42.5 Å². The van der Waals surface area contributed by atoms with Gasteiger partial charge in [-0.25, -0.2) is 4.39 Å². The zero-order chi connectivity index (χ0) is 15.4. The minimum absolute atomic E-state index is 0.139. The largest absolute Gasteiger partial charge is 0.488 e. The number of halogens is 1. The minimum atomic E-state index is -0.733. The predicted octanol–water partition coefficient (Wildman–Crippen LogP) is 3.37. The third kappa shape index (κ3) is 3.55. The van der Waals surface area contributed by atoms with E-state index in [1.54, 1.807) is 31.2 Å². The molecule has 2 aromatic carbocycles. The van der Waals surface area contributed by atoms with Gasteiger partial charge in [0.1, 0.15) is 18.2 Å². The summed E-state index contributed by atoms with van der Waals surface area (Å²) in [5.74, 6) is -0.158. The van der Waals surface area contributed by atoms with Crippen molar-refractivity contribution in [2.24, 2.45) is 0 Å². The van der Waals surface area contributed by atoms with Crippen molar-refractivity contribution >= 4 is 5.69 Å². The molecule has 2 aromatic rings. The topological polar surface area (TPSA) is 72.6 Å². The van der Waals surface area contributed by atoms with E-state index in [-0.39, 0.29) is 17.9 Å². The number of rotatable bonds is 5. The molecule has 0 saturated carbocycles. The summed E-state index contributed by atoms with van der Waals surface area (Å²) >= 11 is 0. The van der Waals surface area contributed by atoms with Gasteiger partial charge in [0.25, 0.3) is 5.69 Å².